The van der Waals surface area contributed by atoms with Crippen molar-refractivity contribution < 1.29 is 1.37 Å². The Morgan fingerprint density at radius 3 is 2.67 bits per heavy atom. The van der Waals surface area contributed by atoms with Crippen molar-refractivity contribution in [2.24, 2.45) is 0 Å². The summed E-state index contributed by atoms with van der Waals surface area (Å²) in [6.07, 6.45) is 0.0838. The van der Waals surface area contributed by atoms with Gasteiger partial charge in [0.25, 0.3) is 0 Å². The monoisotopic (exact) mass is 179 g/mol. The lowest BCUT2D eigenvalue weighted by atomic mass is 10.2. The molecule has 0 fully saturated rings. The number of H-pyrrole nitrogens is 1. The Bertz CT molecular complexity index is 391. The van der Waals surface area contributed by atoms with Crippen molar-refractivity contribution in [3.05, 3.63) is 41.7 Å². The minimum Gasteiger partial charge on any atom is -0.329 e. The molecule has 0 unspecified atom stereocenters. The average molecular weight is 180 g/mol. The van der Waals surface area contributed by atoms with Crippen LogP contribution in [0.2, 0.25) is 5.15 Å². The quantitative estimate of drug-likeness (QED) is 0.717. The Labute approximate surface area is 76.6 Å². The number of aromatic nitrogens is 2. The van der Waals surface area contributed by atoms with Crippen LogP contribution in [0.5, 0.6) is 0 Å². The van der Waals surface area contributed by atoms with Gasteiger partial charge in [0.15, 0.2) is 0 Å². The largest absolute Gasteiger partial charge is 0.329 e. The maximum absolute atomic E-state index is 7.32. The van der Waals surface area contributed by atoms with Crippen LogP contribution in [0, 0.1) is 0 Å². The predicted molar refractivity (Wildman–Crippen MR) is 49.0 cm³/mol. The first kappa shape index (κ1) is 6.26. The topological polar surface area (TPSA) is 28.7 Å². The molecule has 2 rings (SSSR count). The zero-order valence-corrected chi connectivity index (χ0v) is 6.97. The average Bonchev–Trinajstić information content (AvgIpc) is 2.49. The van der Waals surface area contributed by atoms with Crippen LogP contribution in [-0.2, 0) is 0 Å². The normalized spacial score (nSPS) is 11.2. The van der Waals surface area contributed by atoms with E-state index < -0.39 is 0 Å². The molecule has 0 atom stereocenters. The molecule has 0 spiro atoms. The van der Waals surface area contributed by atoms with Gasteiger partial charge < -0.3 is 4.98 Å². The van der Waals surface area contributed by atoms with Crippen LogP contribution in [0.3, 0.4) is 0 Å². The molecule has 2 nitrogen and oxygen atoms in total. The lowest BCUT2D eigenvalue weighted by molar-refractivity contribution is 1.31. The van der Waals surface area contributed by atoms with Crippen LogP contribution in [0.25, 0.3) is 11.4 Å². The molecule has 1 aromatic carbocycles. The standard InChI is InChI=1S/C9H7ClN2/c10-8-6-11-9(12-8)7-4-2-1-3-5-7/h1-6H,(H,11,12)/i6D. The second-order valence-electron chi connectivity index (χ2n) is 2.38. The van der Waals surface area contributed by atoms with Crippen molar-refractivity contribution in [2.45, 2.75) is 0 Å². The predicted octanol–water partition coefficient (Wildman–Crippen LogP) is 2.73. The molecule has 0 aliphatic heterocycles. The third-order valence-electron chi connectivity index (χ3n) is 1.54. The lowest BCUT2D eigenvalue weighted by Crippen LogP contribution is -1.77. The SMILES string of the molecule is [2H]c1nc(-c2ccccc2)[nH]c1Cl. The van der Waals surface area contributed by atoms with Gasteiger partial charge in [0, 0.05) is 5.56 Å². The van der Waals surface area contributed by atoms with Crippen LogP contribution in [-0.4, -0.2) is 9.97 Å². The first-order chi connectivity index (χ1) is 6.27. The molecule has 1 heterocycles. The summed E-state index contributed by atoms with van der Waals surface area (Å²) in [4.78, 5) is 6.79. The number of halogens is 1. The number of nitrogens with zero attached hydrogens (tertiary/aromatic N) is 1. The van der Waals surface area contributed by atoms with Gasteiger partial charge >= 0.3 is 0 Å². The van der Waals surface area contributed by atoms with Crippen molar-refractivity contribution in [3.8, 4) is 11.4 Å². The number of nitrogens with one attached hydrogen (secondary N) is 1. The third kappa shape index (κ3) is 1.34. The van der Waals surface area contributed by atoms with Crippen molar-refractivity contribution in [1.29, 1.82) is 0 Å². The molecule has 1 aromatic heterocycles. The summed E-state index contributed by atoms with van der Waals surface area (Å²) in [5, 5.41) is 0.277. The summed E-state index contributed by atoms with van der Waals surface area (Å²) in [6, 6.07) is 9.57. The minimum absolute atomic E-state index is 0.0838. The van der Waals surface area contributed by atoms with Crippen LogP contribution >= 0.6 is 11.6 Å². The highest BCUT2D eigenvalue weighted by atomic mass is 35.5. The van der Waals surface area contributed by atoms with Gasteiger partial charge in [-0.1, -0.05) is 41.9 Å². The van der Waals surface area contributed by atoms with Gasteiger partial charge in [0.1, 0.15) is 11.0 Å². The van der Waals surface area contributed by atoms with Gasteiger partial charge in [-0.15, -0.1) is 0 Å². The van der Waals surface area contributed by atoms with Crippen LogP contribution in [0.15, 0.2) is 36.5 Å². The summed E-state index contributed by atoms with van der Waals surface area (Å²) in [6.45, 7) is 0. The van der Waals surface area contributed by atoms with Gasteiger partial charge in [0.2, 0.25) is 0 Å². The first-order valence-corrected chi connectivity index (χ1v) is 3.92. The van der Waals surface area contributed by atoms with E-state index in [4.69, 9.17) is 13.0 Å². The molecule has 0 bridgehead atoms. The second-order valence-corrected chi connectivity index (χ2v) is 2.76. The highest BCUT2D eigenvalue weighted by Crippen LogP contribution is 2.16. The number of hydrogen-bond donors (Lipinski definition) is 1. The highest BCUT2D eigenvalue weighted by molar-refractivity contribution is 6.29. The molecule has 0 saturated carbocycles. The van der Waals surface area contributed by atoms with Crippen molar-refractivity contribution >= 4 is 11.6 Å². The fraction of sp³-hybridized carbons (Fsp3) is 0. The molecule has 12 heavy (non-hydrogen) atoms. The van der Waals surface area contributed by atoms with Crippen molar-refractivity contribution in [3.63, 3.8) is 0 Å². The Hall–Kier alpha value is -1.28. The van der Waals surface area contributed by atoms with Crippen molar-refractivity contribution in [1.82, 2.24) is 9.97 Å². The summed E-state index contributed by atoms with van der Waals surface area (Å²) < 4.78 is 7.32. The Morgan fingerprint density at radius 2 is 2.08 bits per heavy atom. The van der Waals surface area contributed by atoms with E-state index >= 15 is 0 Å². The summed E-state index contributed by atoms with van der Waals surface area (Å²) in [5.41, 5.74) is 0.933. The van der Waals surface area contributed by atoms with E-state index in [1.807, 2.05) is 30.3 Å². The Balaban J connectivity index is 2.48. The molecule has 60 valence electrons. The van der Waals surface area contributed by atoms with Crippen molar-refractivity contribution in [2.75, 3.05) is 0 Å². The van der Waals surface area contributed by atoms with Crippen LogP contribution in [0.1, 0.15) is 1.37 Å². The Kier molecular flexibility index (Phi) is 1.56. The maximum Gasteiger partial charge on any atom is 0.138 e. The second kappa shape index (κ2) is 2.99. The van der Waals surface area contributed by atoms with E-state index in [0.29, 0.717) is 5.82 Å². The number of hydrogen-bond acceptors (Lipinski definition) is 1. The lowest BCUT2D eigenvalue weighted by Gasteiger charge is -1.93. The zero-order valence-electron chi connectivity index (χ0n) is 7.21. The van der Waals surface area contributed by atoms with E-state index in [2.05, 4.69) is 9.97 Å². The molecule has 2 aromatic rings. The molecular formula is C9H7ClN2. The van der Waals surface area contributed by atoms with Crippen LogP contribution in [0.4, 0.5) is 0 Å². The first-order valence-electron chi connectivity index (χ1n) is 4.05. The number of imidazole rings is 1. The van der Waals surface area contributed by atoms with Gasteiger partial charge in [-0.3, -0.25) is 0 Å². The van der Waals surface area contributed by atoms with E-state index in [1.165, 1.54) is 0 Å². The van der Waals surface area contributed by atoms with E-state index in [9.17, 15) is 0 Å². The summed E-state index contributed by atoms with van der Waals surface area (Å²) >= 11 is 5.67. The van der Waals surface area contributed by atoms with Gasteiger partial charge in [-0.2, -0.15) is 0 Å². The third-order valence-corrected chi connectivity index (χ3v) is 1.72. The van der Waals surface area contributed by atoms with E-state index in [1.54, 1.807) is 0 Å². The molecule has 0 aliphatic rings. The highest BCUT2D eigenvalue weighted by Gasteiger charge is 1.99. The fourth-order valence-corrected chi connectivity index (χ4v) is 1.13. The van der Waals surface area contributed by atoms with Crippen LogP contribution < -0.4 is 0 Å². The van der Waals surface area contributed by atoms with Gasteiger partial charge in [-0.25, -0.2) is 4.98 Å². The molecule has 0 aliphatic carbocycles. The number of benzene rings is 1. The zero-order chi connectivity index (χ0) is 9.26. The van der Waals surface area contributed by atoms with E-state index in [0.717, 1.165) is 5.56 Å². The van der Waals surface area contributed by atoms with Gasteiger partial charge in [0.05, 0.1) is 7.54 Å². The van der Waals surface area contributed by atoms with Gasteiger partial charge in [-0.05, 0) is 0 Å². The van der Waals surface area contributed by atoms with E-state index in [-0.39, 0.29) is 11.3 Å². The Morgan fingerprint density at radius 1 is 1.33 bits per heavy atom. The summed E-state index contributed by atoms with van der Waals surface area (Å²) in [5.74, 6) is 0.635. The molecule has 1 N–H and O–H groups in total. The molecule has 0 amide bonds. The summed E-state index contributed by atoms with van der Waals surface area (Å²) in [7, 11) is 0. The fourth-order valence-electron chi connectivity index (χ4n) is 0.998. The molecule has 3 heteroatoms. The molecule has 0 saturated heterocycles. The number of aromatic amines is 1. The minimum atomic E-state index is 0.0838. The smallest absolute Gasteiger partial charge is 0.138 e. The maximum atomic E-state index is 7.32. The number of rotatable bonds is 1. The molecular weight excluding hydrogens is 172 g/mol. The molecule has 0 radical (unpaired) electrons.